The molecule has 4 nitrogen and oxygen atoms in total. The highest BCUT2D eigenvalue weighted by Gasteiger charge is 2.52. The third-order valence-corrected chi connectivity index (χ3v) is 3.96. The topological polar surface area (TPSA) is 57.6 Å². The van der Waals surface area contributed by atoms with Crippen molar-refractivity contribution >= 4 is 11.9 Å². The largest absolute Gasteiger partial charge is 0.480 e. The molecule has 2 atom stereocenters. The molecule has 1 saturated heterocycles. The van der Waals surface area contributed by atoms with Crippen LogP contribution in [-0.4, -0.2) is 40.6 Å². The summed E-state index contributed by atoms with van der Waals surface area (Å²) in [6, 6.07) is -1.32. The maximum absolute atomic E-state index is 12.4. The average molecular weight is 265 g/mol. The van der Waals surface area contributed by atoms with E-state index in [-0.39, 0.29) is 18.4 Å². The number of alkyl halides is 3. The lowest BCUT2D eigenvalue weighted by Crippen LogP contribution is -2.50. The Labute approximate surface area is 102 Å². The molecule has 2 rings (SSSR count). The number of carbonyl (C=O) groups is 2. The standard InChI is InChI=1S/C11H14F3NO3/c12-11(13,14)10(18)15-5-4-7(6-2-1-3-6)8(15)9(16)17/h6-8H,1-5H2,(H,16,17)/t7-,8-/m1/s1. The summed E-state index contributed by atoms with van der Waals surface area (Å²) < 4.78 is 37.1. The van der Waals surface area contributed by atoms with Crippen molar-refractivity contribution in [3.63, 3.8) is 0 Å². The number of halogens is 3. The highest BCUT2D eigenvalue weighted by atomic mass is 19.4. The minimum Gasteiger partial charge on any atom is -0.480 e. The minimum absolute atomic E-state index is 0.115. The van der Waals surface area contributed by atoms with Gasteiger partial charge in [-0.2, -0.15) is 13.2 Å². The molecule has 2 fully saturated rings. The van der Waals surface area contributed by atoms with Crippen LogP contribution in [0, 0.1) is 11.8 Å². The second kappa shape index (κ2) is 4.44. The molecule has 0 bridgehead atoms. The van der Waals surface area contributed by atoms with E-state index < -0.39 is 24.1 Å². The molecule has 18 heavy (non-hydrogen) atoms. The van der Waals surface area contributed by atoms with Crippen molar-refractivity contribution in [1.82, 2.24) is 4.90 Å². The number of hydrogen-bond donors (Lipinski definition) is 1. The van der Waals surface area contributed by atoms with E-state index in [2.05, 4.69) is 0 Å². The van der Waals surface area contributed by atoms with Gasteiger partial charge in [0.1, 0.15) is 6.04 Å². The first-order valence-electron chi connectivity index (χ1n) is 5.93. The second-order valence-electron chi connectivity index (χ2n) is 4.92. The highest BCUT2D eigenvalue weighted by molar-refractivity contribution is 5.87. The van der Waals surface area contributed by atoms with Crippen LogP contribution in [0.25, 0.3) is 0 Å². The molecule has 2 aliphatic rings. The van der Waals surface area contributed by atoms with Crippen LogP contribution in [0.3, 0.4) is 0 Å². The van der Waals surface area contributed by atoms with Crippen LogP contribution in [0.1, 0.15) is 25.7 Å². The number of aliphatic carboxylic acids is 1. The van der Waals surface area contributed by atoms with Crippen LogP contribution in [0.5, 0.6) is 0 Å². The van der Waals surface area contributed by atoms with E-state index in [1.807, 2.05) is 0 Å². The van der Waals surface area contributed by atoms with E-state index in [9.17, 15) is 22.8 Å². The fourth-order valence-corrected chi connectivity index (χ4v) is 2.88. The molecule has 0 unspecified atom stereocenters. The first kappa shape index (κ1) is 13.2. The fraction of sp³-hybridized carbons (Fsp3) is 0.818. The lowest BCUT2D eigenvalue weighted by Gasteiger charge is -2.35. The van der Waals surface area contributed by atoms with E-state index in [1.165, 1.54) is 0 Å². The molecular formula is C11H14F3NO3. The molecule has 1 amide bonds. The number of likely N-dealkylation sites (tertiary alicyclic amines) is 1. The van der Waals surface area contributed by atoms with E-state index in [0.717, 1.165) is 19.3 Å². The van der Waals surface area contributed by atoms with Gasteiger partial charge in [-0.3, -0.25) is 4.79 Å². The highest BCUT2D eigenvalue weighted by Crippen LogP contribution is 2.42. The molecule has 0 aromatic heterocycles. The molecular weight excluding hydrogens is 251 g/mol. The van der Waals surface area contributed by atoms with E-state index in [1.54, 1.807) is 0 Å². The third kappa shape index (κ3) is 2.18. The van der Waals surface area contributed by atoms with Crippen molar-refractivity contribution in [3.05, 3.63) is 0 Å². The van der Waals surface area contributed by atoms with Crippen LogP contribution in [-0.2, 0) is 9.59 Å². The second-order valence-corrected chi connectivity index (χ2v) is 4.92. The number of nitrogens with zero attached hydrogens (tertiary/aromatic N) is 1. The zero-order chi connectivity index (χ0) is 13.5. The molecule has 1 heterocycles. The van der Waals surface area contributed by atoms with Crippen LogP contribution in [0.2, 0.25) is 0 Å². The lowest BCUT2D eigenvalue weighted by atomic mass is 9.73. The molecule has 1 saturated carbocycles. The molecule has 7 heteroatoms. The number of amides is 1. The van der Waals surface area contributed by atoms with Crippen LogP contribution in [0.4, 0.5) is 13.2 Å². The summed E-state index contributed by atoms with van der Waals surface area (Å²) in [4.78, 5) is 22.8. The van der Waals surface area contributed by atoms with Gasteiger partial charge in [0.15, 0.2) is 0 Å². The van der Waals surface area contributed by atoms with Gasteiger partial charge in [-0.15, -0.1) is 0 Å². The maximum Gasteiger partial charge on any atom is 0.471 e. The van der Waals surface area contributed by atoms with E-state index in [4.69, 9.17) is 5.11 Å². The number of carbonyl (C=O) groups excluding carboxylic acids is 1. The summed E-state index contributed by atoms with van der Waals surface area (Å²) in [6.07, 6.45) is -1.96. The Hall–Kier alpha value is -1.27. The van der Waals surface area contributed by atoms with E-state index in [0.29, 0.717) is 11.3 Å². The summed E-state index contributed by atoms with van der Waals surface area (Å²) in [7, 11) is 0. The summed E-state index contributed by atoms with van der Waals surface area (Å²) in [5, 5.41) is 9.08. The molecule has 0 radical (unpaired) electrons. The zero-order valence-corrected chi connectivity index (χ0v) is 9.61. The number of carboxylic acids is 1. The van der Waals surface area contributed by atoms with E-state index >= 15 is 0 Å². The Morgan fingerprint density at radius 2 is 1.78 bits per heavy atom. The Morgan fingerprint density at radius 3 is 2.17 bits per heavy atom. The van der Waals surface area contributed by atoms with Crippen molar-refractivity contribution in [1.29, 1.82) is 0 Å². The third-order valence-electron chi connectivity index (χ3n) is 3.96. The monoisotopic (exact) mass is 265 g/mol. The molecule has 1 aliphatic carbocycles. The predicted octanol–water partition coefficient (Wildman–Crippen LogP) is 1.65. The van der Waals surface area contributed by atoms with Gasteiger partial charge < -0.3 is 10.0 Å². The Balaban J connectivity index is 2.16. The Morgan fingerprint density at radius 1 is 1.17 bits per heavy atom. The van der Waals surface area contributed by atoms with Gasteiger partial charge in [-0.25, -0.2) is 4.79 Å². The van der Waals surface area contributed by atoms with Crippen LogP contribution >= 0.6 is 0 Å². The summed E-state index contributed by atoms with van der Waals surface area (Å²) in [6.45, 7) is -0.115. The maximum atomic E-state index is 12.4. The number of rotatable bonds is 2. The van der Waals surface area contributed by atoms with Crippen molar-refractivity contribution in [3.8, 4) is 0 Å². The molecule has 0 aromatic rings. The number of hydrogen-bond acceptors (Lipinski definition) is 2. The minimum atomic E-state index is -5.00. The summed E-state index contributed by atoms with van der Waals surface area (Å²) in [5.74, 6) is -3.54. The van der Waals surface area contributed by atoms with Gasteiger partial charge in [0, 0.05) is 6.54 Å². The first-order chi connectivity index (χ1) is 8.32. The molecule has 102 valence electrons. The lowest BCUT2D eigenvalue weighted by molar-refractivity contribution is -0.188. The van der Waals surface area contributed by atoms with Crippen LogP contribution in [0.15, 0.2) is 0 Å². The number of carboxylic acid groups (broad SMARTS) is 1. The van der Waals surface area contributed by atoms with Crippen molar-refractivity contribution < 1.29 is 27.9 Å². The van der Waals surface area contributed by atoms with Gasteiger partial charge in [0.2, 0.25) is 0 Å². The average Bonchev–Trinajstić information content (AvgIpc) is 2.56. The molecule has 1 N–H and O–H groups in total. The molecule has 1 aliphatic heterocycles. The van der Waals surface area contributed by atoms with Crippen molar-refractivity contribution in [2.75, 3.05) is 6.54 Å². The van der Waals surface area contributed by atoms with Gasteiger partial charge in [-0.1, -0.05) is 19.3 Å². The van der Waals surface area contributed by atoms with Gasteiger partial charge in [-0.05, 0) is 18.3 Å². The van der Waals surface area contributed by atoms with Crippen molar-refractivity contribution in [2.45, 2.75) is 37.9 Å². The fourth-order valence-electron chi connectivity index (χ4n) is 2.88. The Bertz CT molecular complexity index is 365. The summed E-state index contributed by atoms with van der Waals surface area (Å²) in [5.41, 5.74) is 0. The summed E-state index contributed by atoms with van der Waals surface area (Å²) >= 11 is 0. The first-order valence-corrected chi connectivity index (χ1v) is 5.93. The zero-order valence-electron chi connectivity index (χ0n) is 9.61. The molecule has 0 aromatic carbocycles. The van der Waals surface area contributed by atoms with Crippen molar-refractivity contribution in [2.24, 2.45) is 11.8 Å². The van der Waals surface area contributed by atoms with Gasteiger partial charge >= 0.3 is 18.1 Å². The van der Waals surface area contributed by atoms with Gasteiger partial charge in [0.25, 0.3) is 0 Å². The van der Waals surface area contributed by atoms with Crippen LogP contribution < -0.4 is 0 Å². The smallest absolute Gasteiger partial charge is 0.471 e. The Kier molecular flexibility index (Phi) is 3.25. The molecule has 0 spiro atoms. The quantitative estimate of drug-likeness (QED) is 0.826. The predicted molar refractivity (Wildman–Crippen MR) is 54.6 cm³/mol. The normalized spacial score (nSPS) is 29.2. The van der Waals surface area contributed by atoms with Gasteiger partial charge in [0.05, 0.1) is 0 Å². The SMILES string of the molecule is O=C(O)[C@H]1[C@@H](C2CCC2)CCN1C(=O)C(F)(F)F.